The minimum Gasteiger partial charge on any atom is -0.349 e. The van der Waals surface area contributed by atoms with Gasteiger partial charge in [-0.15, -0.1) is 0 Å². The van der Waals surface area contributed by atoms with E-state index in [0.717, 1.165) is 11.8 Å². The predicted molar refractivity (Wildman–Crippen MR) is 92.4 cm³/mol. The number of benzene rings is 1. The number of aromatic nitrogens is 2. The van der Waals surface area contributed by atoms with Crippen LogP contribution in [0.3, 0.4) is 0 Å². The van der Waals surface area contributed by atoms with Gasteiger partial charge >= 0.3 is 5.76 Å². The maximum absolute atomic E-state index is 12.9. The van der Waals surface area contributed by atoms with Crippen LogP contribution >= 0.6 is 0 Å². The highest BCUT2D eigenvalue weighted by Crippen LogP contribution is 2.23. The lowest BCUT2D eigenvalue weighted by atomic mass is 9.92. The molecular weight excluding hydrogens is 380 g/mol. The van der Waals surface area contributed by atoms with E-state index >= 15 is 0 Å². The fourth-order valence-electron chi connectivity index (χ4n) is 3.07. The second-order valence-electron chi connectivity index (χ2n) is 6.29. The van der Waals surface area contributed by atoms with Crippen molar-refractivity contribution in [2.75, 3.05) is 0 Å². The molecule has 1 atom stereocenters. The van der Waals surface area contributed by atoms with Crippen molar-refractivity contribution in [2.45, 2.75) is 36.0 Å². The Hall–Kier alpha value is -2.62. The Kier molecular flexibility index (Phi) is 5.09. The minimum absolute atomic E-state index is 0.269. The first-order chi connectivity index (χ1) is 12.7. The van der Waals surface area contributed by atoms with Crippen molar-refractivity contribution in [1.82, 2.24) is 15.1 Å². The second-order valence-corrected chi connectivity index (χ2v) is 8.18. The fraction of sp³-hybridized carbons (Fsp3) is 0.353. The smallest absolute Gasteiger partial charge is 0.341 e. The van der Waals surface area contributed by atoms with Crippen LogP contribution in [0.15, 0.2) is 40.0 Å². The molecule has 1 aromatic carbocycles. The number of rotatable bonds is 4. The molecule has 0 saturated carbocycles. The van der Waals surface area contributed by atoms with E-state index < -0.39 is 26.4 Å². The van der Waals surface area contributed by atoms with Crippen LogP contribution in [0.1, 0.15) is 28.0 Å². The van der Waals surface area contributed by atoms with E-state index in [1.54, 1.807) is 7.05 Å². The molecule has 144 valence electrons. The van der Waals surface area contributed by atoms with Crippen LogP contribution in [-0.2, 0) is 29.7 Å². The SMILES string of the molecule is Cn1nc2c(cc1=O)CC(NC(=O)c1ccccc1S(=O)(=O)C(F)F)CC2. The number of aryl methyl sites for hydroxylation is 2. The Bertz CT molecular complexity index is 1050. The third kappa shape index (κ3) is 3.75. The maximum atomic E-state index is 12.9. The summed E-state index contributed by atoms with van der Waals surface area (Å²) >= 11 is 0. The summed E-state index contributed by atoms with van der Waals surface area (Å²) in [4.78, 5) is 23.6. The van der Waals surface area contributed by atoms with E-state index in [2.05, 4.69) is 10.4 Å². The van der Waals surface area contributed by atoms with Crippen LogP contribution in [0.2, 0.25) is 0 Å². The molecule has 10 heteroatoms. The molecule has 1 heterocycles. The Morgan fingerprint density at radius 2 is 2.04 bits per heavy atom. The van der Waals surface area contributed by atoms with Crippen molar-refractivity contribution in [3.8, 4) is 0 Å². The summed E-state index contributed by atoms with van der Waals surface area (Å²) in [5.41, 5.74) is 0.881. The highest BCUT2D eigenvalue weighted by molar-refractivity contribution is 7.91. The Balaban J connectivity index is 1.83. The first-order valence-electron chi connectivity index (χ1n) is 8.18. The zero-order valence-electron chi connectivity index (χ0n) is 14.4. The van der Waals surface area contributed by atoms with Crippen LogP contribution < -0.4 is 10.9 Å². The molecule has 0 spiro atoms. The van der Waals surface area contributed by atoms with Gasteiger partial charge < -0.3 is 5.32 Å². The van der Waals surface area contributed by atoms with Gasteiger partial charge in [-0.25, -0.2) is 13.1 Å². The number of hydrogen-bond donors (Lipinski definition) is 1. The predicted octanol–water partition coefficient (Wildman–Crippen LogP) is 1.06. The average Bonchev–Trinajstić information content (AvgIpc) is 2.62. The van der Waals surface area contributed by atoms with Gasteiger partial charge in [0.15, 0.2) is 0 Å². The molecule has 0 aliphatic heterocycles. The Morgan fingerprint density at radius 1 is 1.33 bits per heavy atom. The number of amides is 1. The topological polar surface area (TPSA) is 98.1 Å². The standard InChI is InChI=1S/C17H17F2N3O4S/c1-22-15(23)9-10-8-11(6-7-13(10)21-22)20-16(24)12-4-2-3-5-14(12)27(25,26)17(18)19/h2-5,9,11,17H,6-8H2,1H3,(H,20,24). The summed E-state index contributed by atoms with van der Waals surface area (Å²) in [5, 5.41) is 6.86. The van der Waals surface area contributed by atoms with Crippen molar-refractivity contribution in [1.29, 1.82) is 0 Å². The molecule has 0 bridgehead atoms. The summed E-state index contributed by atoms with van der Waals surface area (Å²) in [7, 11) is -3.35. The maximum Gasteiger partial charge on any atom is 0.341 e. The largest absolute Gasteiger partial charge is 0.349 e. The van der Waals surface area contributed by atoms with Crippen LogP contribution in [0.4, 0.5) is 8.78 Å². The molecular formula is C17H17F2N3O4S. The van der Waals surface area contributed by atoms with E-state index in [4.69, 9.17) is 0 Å². The number of alkyl halides is 2. The van der Waals surface area contributed by atoms with E-state index in [1.807, 2.05) is 0 Å². The zero-order valence-corrected chi connectivity index (χ0v) is 15.2. The molecule has 0 saturated heterocycles. The van der Waals surface area contributed by atoms with Crippen LogP contribution in [0.5, 0.6) is 0 Å². The van der Waals surface area contributed by atoms with E-state index in [0.29, 0.717) is 24.8 Å². The molecule has 0 radical (unpaired) electrons. The van der Waals surface area contributed by atoms with E-state index in [9.17, 15) is 26.8 Å². The third-order valence-electron chi connectivity index (χ3n) is 4.46. The highest BCUT2D eigenvalue weighted by atomic mass is 32.2. The third-order valence-corrected chi connectivity index (χ3v) is 5.90. The van der Waals surface area contributed by atoms with Gasteiger partial charge in [-0.1, -0.05) is 12.1 Å². The van der Waals surface area contributed by atoms with Crippen molar-refractivity contribution >= 4 is 15.7 Å². The molecule has 27 heavy (non-hydrogen) atoms. The molecule has 3 rings (SSSR count). The van der Waals surface area contributed by atoms with Crippen LogP contribution in [-0.4, -0.2) is 35.9 Å². The van der Waals surface area contributed by atoms with Crippen LogP contribution in [0, 0.1) is 0 Å². The van der Waals surface area contributed by atoms with Crippen molar-refractivity contribution < 1.29 is 22.0 Å². The van der Waals surface area contributed by atoms with Gasteiger partial charge in [0, 0.05) is 19.2 Å². The summed E-state index contributed by atoms with van der Waals surface area (Å²) < 4.78 is 50.6. The minimum atomic E-state index is -4.90. The van der Waals surface area contributed by atoms with Gasteiger partial charge in [0.1, 0.15) is 0 Å². The Labute approximate surface area is 153 Å². The molecule has 7 nitrogen and oxygen atoms in total. The normalized spacial score (nSPS) is 16.8. The lowest BCUT2D eigenvalue weighted by Gasteiger charge is -2.25. The summed E-state index contributed by atoms with van der Waals surface area (Å²) in [6.07, 6.45) is 1.42. The van der Waals surface area contributed by atoms with Gasteiger partial charge in [-0.3, -0.25) is 9.59 Å². The number of halogens is 2. The Morgan fingerprint density at radius 3 is 2.74 bits per heavy atom. The number of carbonyl (C=O) groups is 1. The summed E-state index contributed by atoms with van der Waals surface area (Å²) in [6, 6.07) is 5.96. The van der Waals surface area contributed by atoms with Crippen molar-refractivity contribution in [3.05, 3.63) is 57.5 Å². The fourth-order valence-corrected chi connectivity index (χ4v) is 4.00. The summed E-state index contributed by atoms with van der Waals surface area (Å²) in [6.45, 7) is 0. The number of carbonyl (C=O) groups excluding carboxylic acids is 1. The highest BCUT2D eigenvalue weighted by Gasteiger charge is 2.31. The monoisotopic (exact) mass is 397 g/mol. The number of nitrogens with zero attached hydrogens (tertiary/aromatic N) is 2. The molecule has 1 aromatic heterocycles. The first-order valence-corrected chi connectivity index (χ1v) is 9.73. The molecule has 1 unspecified atom stereocenters. The van der Waals surface area contributed by atoms with E-state index in [1.165, 1.54) is 28.9 Å². The molecule has 1 aliphatic rings. The van der Waals surface area contributed by atoms with Gasteiger partial charge in [-0.2, -0.15) is 13.9 Å². The van der Waals surface area contributed by atoms with Gasteiger partial charge in [0.05, 0.1) is 16.2 Å². The molecule has 1 amide bonds. The number of nitrogens with one attached hydrogen (secondary N) is 1. The lowest BCUT2D eigenvalue weighted by molar-refractivity contribution is 0.0930. The molecule has 1 N–H and O–H groups in total. The van der Waals surface area contributed by atoms with Gasteiger partial charge in [-0.05, 0) is 37.0 Å². The molecule has 0 fully saturated rings. The van der Waals surface area contributed by atoms with Crippen molar-refractivity contribution in [3.63, 3.8) is 0 Å². The second kappa shape index (κ2) is 7.18. The van der Waals surface area contributed by atoms with Gasteiger partial charge in [0.2, 0.25) is 9.84 Å². The number of sulfone groups is 1. The van der Waals surface area contributed by atoms with Crippen LogP contribution in [0.25, 0.3) is 0 Å². The zero-order chi connectivity index (χ0) is 19.8. The molecule has 2 aromatic rings. The van der Waals surface area contributed by atoms with Crippen molar-refractivity contribution in [2.24, 2.45) is 7.05 Å². The molecule has 1 aliphatic carbocycles. The average molecular weight is 397 g/mol. The lowest BCUT2D eigenvalue weighted by Crippen LogP contribution is -2.40. The number of hydrogen-bond acceptors (Lipinski definition) is 5. The number of fused-ring (bicyclic) bond motifs is 1. The first kappa shape index (κ1) is 19.2. The van der Waals surface area contributed by atoms with E-state index in [-0.39, 0.29) is 17.2 Å². The quantitative estimate of drug-likeness (QED) is 0.832. The summed E-state index contributed by atoms with van der Waals surface area (Å²) in [5.74, 6) is -4.37. The van der Waals surface area contributed by atoms with Gasteiger partial charge in [0.25, 0.3) is 11.5 Å².